The third kappa shape index (κ3) is 4.48. The fourth-order valence-electron chi connectivity index (χ4n) is 6.55. The van der Waals surface area contributed by atoms with Crippen molar-refractivity contribution in [2.75, 3.05) is 6.61 Å². The van der Waals surface area contributed by atoms with Gasteiger partial charge < -0.3 is 0 Å². The Hall–Kier alpha value is -3.33. The quantitative estimate of drug-likeness (QED) is 0.238. The van der Waals surface area contributed by atoms with Gasteiger partial charge in [-0.2, -0.15) is 22.7 Å². The Kier molecular flexibility index (Phi) is 7.56. The van der Waals surface area contributed by atoms with Crippen LogP contribution in [0.25, 0.3) is 11.1 Å². The number of benzene rings is 3. The second-order valence-electron chi connectivity index (χ2n) is 10.2. The van der Waals surface area contributed by atoms with Crippen LogP contribution in [-0.2, 0) is 12.8 Å². The molecule has 0 amide bonds. The minimum Gasteiger partial charge on any atom is -0.271 e. The van der Waals surface area contributed by atoms with Gasteiger partial charge in [0, 0.05) is 22.8 Å². The predicted octanol–water partition coefficient (Wildman–Crippen LogP) is 5.24. The Labute approximate surface area is 216 Å². The van der Waals surface area contributed by atoms with Crippen LogP contribution in [0.2, 0.25) is 6.32 Å². The molecule has 5 rings (SSSR count). The van der Waals surface area contributed by atoms with Crippen molar-refractivity contribution in [1.29, 1.82) is 0 Å². The van der Waals surface area contributed by atoms with Gasteiger partial charge in [0.25, 0.3) is 0 Å². The molecule has 0 unspecified atom stereocenters. The number of aromatic nitrogens is 1. The third-order valence-corrected chi connectivity index (χ3v) is 8.18. The first-order valence-electron chi connectivity index (χ1n) is 13.9. The maximum absolute atomic E-state index is 6.00. The minimum atomic E-state index is -1.15. The van der Waals surface area contributed by atoms with Crippen molar-refractivity contribution in [3.63, 3.8) is 0 Å². The molecule has 0 atom stereocenters. The molecule has 0 saturated carbocycles. The highest BCUT2D eigenvalue weighted by molar-refractivity contribution is 7.12. The van der Waals surface area contributed by atoms with E-state index in [1.54, 1.807) is 0 Å². The molecule has 1 aliphatic carbocycles. The summed E-state index contributed by atoms with van der Waals surface area (Å²) in [7, 11) is 0. The first-order chi connectivity index (χ1) is 17.8. The molecule has 3 heteroatoms. The second kappa shape index (κ2) is 11.2. The molecule has 36 heavy (non-hydrogen) atoms. The van der Waals surface area contributed by atoms with Crippen LogP contribution in [0.3, 0.4) is 0 Å². The molecule has 0 N–H and O–H groups in total. The number of hydrogen-bond donors (Lipinski definition) is 0. The van der Waals surface area contributed by atoms with E-state index in [1.165, 1.54) is 64.5 Å². The van der Waals surface area contributed by atoms with Crippen LogP contribution in [0.5, 0.6) is 0 Å². The Morgan fingerprint density at radius 2 is 1.36 bits per heavy atom. The first kappa shape index (κ1) is 24.4. The normalized spacial score (nSPS) is 13.3. The fourth-order valence-corrected chi connectivity index (χ4v) is 6.55. The van der Waals surface area contributed by atoms with Crippen molar-refractivity contribution >= 4 is 22.5 Å². The maximum atomic E-state index is 6.00. The molecule has 3 aromatic carbocycles. The minimum absolute atomic E-state index is 0.679. The molecule has 0 radical (unpaired) electrons. The van der Waals surface area contributed by atoms with E-state index >= 15 is 0 Å². The van der Waals surface area contributed by atoms with Crippen LogP contribution in [0.4, 0.5) is 0 Å². The largest absolute Gasteiger partial charge is 0.271 e. The first-order valence-corrected chi connectivity index (χ1v) is 13.9. The van der Waals surface area contributed by atoms with Gasteiger partial charge in [0.1, 0.15) is 0 Å². The van der Waals surface area contributed by atoms with Gasteiger partial charge in [0.2, 0.25) is 11.9 Å². The number of rotatable bonds is 9. The second-order valence-corrected chi connectivity index (χ2v) is 10.2. The maximum Gasteiger partial charge on any atom is 0.238 e. The lowest BCUT2D eigenvalue weighted by Gasteiger charge is -2.45. The van der Waals surface area contributed by atoms with E-state index in [1.807, 2.05) is 4.73 Å². The molecule has 1 aromatic heterocycles. The zero-order chi connectivity index (χ0) is 24.8. The van der Waals surface area contributed by atoms with E-state index < -0.39 is 6.15 Å². The third-order valence-electron chi connectivity index (χ3n) is 8.18. The van der Waals surface area contributed by atoms with Gasteiger partial charge in [-0.3, -0.25) is 4.84 Å². The lowest BCUT2D eigenvalue weighted by atomic mass is 9.13. The molecule has 184 valence electrons. The summed E-state index contributed by atoms with van der Waals surface area (Å²) >= 11 is 0. The predicted molar refractivity (Wildman–Crippen MR) is 153 cm³/mol. The molecule has 1 heterocycles. The van der Waals surface area contributed by atoms with Crippen molar-refractivity contribution in [1.82, 2.24) is 0 Å². The SMILES string of the molecule is CCCC[B-](c1ccccc1)(c1ccccc1)c1ccccc1-c1cc[n+](OCC)c2c1CCCC2. The van der Waals surface area contributed by atoms with Crippen LogP contribution in [-0.4, -0.2) is 12.8 Å². The van der Waals surface area contributed by atoms with Crippen molar-refractivity contribution < 1.29 is 9.57 Å². The Bertz CT molecular complexity index is 1250. The van der Waals surface area contributed by atoms with Gasteiger partial charge in [-0.05, 0) is 31.7 Å². The highest BCUT2D eigenvalue weighted by Gasteiger charge is 2.33. The van der Waals surface area contributed by atoms with Gasteiger partial charge in [-0.25, -0.2) is 0 Å². The topological polar surface area (TPSA) is 13.1 Å². The highest BCUT2D eigenvalue weighted by Crippen LogP contribution is 2.31. The van der Waals surface area contributed by atoms with Crippen LogP contribution in [0.15, 0.2) is 97.2 Å². The standard InChI is InChI=1S/C33H38BNO/c1-3-5-25-34(27-16-8-6-9-17-27,28-18-10-7-11-19-28)32-22-14-12-20-30(32)29-24-26-35(36-4-2)33-23-15-13-21-31(29)33/h6-12,14,16-20,22,24,26H,3-5,13,15,21,23,25H2,1-2H3. The van der Waals surface area contributed by atoms with Crippen molar-refractivity contribution in [3.05, 3.63) is 108 Å². The summed E-state index contributed by atoms with van der Waals surface area (Å²) in [5, 5.41) is 0. The van der Waals surface area contributed by atoms with Gasteiger partial charge >= 0.3 is 0 Å². The van der Waals surface area contributed by atoms with E-state index in [0.717, 1.165) is 19.2 Å². The number of hydrogen-bond acceptors (Lipinski definition) is 1. The summed E-state index contributed by atoms with van der Waals surface area (Å²) in [6.45, 7) is 5.05. The smallest absolute Gasteiger partial charge is 0.238 e. The highest BCUT2D eigenvalue weighted by atomic mass is 16.7. The average molecular weight is 475 g/mol. The lowest BCUT2D eigenvalue weighted by Crippen LogP contribution is -2.67. The number of pyridine rings is 1. The summed E-state index contributed by atoms with van der Waals surface area (Å²) in [4.78, 5) is 6.00. The van der Waals surface area contributed by atoms with E-state index in [4.69, 9.17) is 4.84 Å². The molecule has 0 spiro atoms. The molecule has 2 nitrogen and oxygen atoms in total. The van der Waals surface area contributed by atoms with E-state index in [-0.39, 0.29) is 0 Å². The van der Waals surface area contributed by atoms with Crippen LogP contribution >= 0.6 is 0 Å². The molecule has 0 saturated heterocycles. The summed E-state index contributed by atoms with van der Waals surface area (Å²) in [6.07, 6.45) is 9.15. The Balaban J connectivity index is 1.80. The zero-order valence-electron chi connectivity index (χ0n) is 21.8. The summed E-state index contributed by atoms with van der Waals surface area (Å²) in [6, 6.07) is 34.0. The van der Waals surface area contributed by atoms with Crippen molar-refractivity contribution in [2.45, 2.75) is 58.7 Å². The number of nitrogens with zero attached hydrogens (tertiary/aromatic N) is 1. The molecular weight excluding hydrogens is 437 g/mol. The summed E-state index contributed by atoms with van der Waals surface area (Å²) < 4.78 is 2.03. The van der Waals surface area contributed by atoms with Crippen LogP contribution in [0, 0.1) is 0 Å². The van der Waals surface area contributed by atoms with Crippen molar-refractivity contribution in [2.24, 2.45) is 0 Å². The number of fused-ring (bicyclic) bond motifs is 1. The molecular formula is C33H38BNO. The van der Waals surface area contributed by atoms with Gasteiger partial charge in [0.05, 0.1) is 6.15 Å². The lowest BCUT2D eigenvalue weighted by molar-refractivity contribution is -0.896. The number of unbranched alkanes of at least 4 members (excludes halogenated alkanes) is 1. The van der Waals surface area contributed by atoms with E-state index in [2.05, 4.69) is 111 Å². The monoisotopic (exact) mass is 475 g/mol. The van der Waals surface area contributed by atoms with Crippen LogP contribution in [0.1, 0.15) is 50.8 Å². The van der Waals surface area contributed by atoms with Crippen molar-refractivity contribution in [3.8, 4) is 11.1 Å². The summed E-state index contributed by atoms with van der Waals surface area (Å²) in [5.41, 5.74) is 9.89. The zero-order valence-corrected chi connectivity index (χ0v) is 21.8. The summed E-state index contributed by atoms with van der Waals surface area (Å²) in [5.74, 6) is 0. The Morgan fingerprint density at radius 3 is 2.03 bits per heavy atom. The van der Waals surface area contributed by atoms with Gasteiger partial charge in [-0.1, -0.05) is 110 Å². The molecule has 0 bridgehead atoms. The molecule has 0 fully saturated rings. The fraction of sp³-hybridized carbons (Fsp3) is 0.303. The molecule has 1 aliphatic rings. The molecule has 4 aromatic rings. The van der Waals surface area contributed by atoms with Crippen LogP contribution < -0.4 is 26.0 Å². The Morgan fingerprint density at radius 1 is 0.722 bits per heavy atom. The van der Waals surface area contributed by atoms with E-state index in [9.17, 15) is 0 Å². The van der Waals surface area contributed by atoms with Gasteiger partial charge in [0.15, 0.2) is 6.61 Å². The average Bonchev–Trinajstić information content (AvgIpc) is 2.95. The molecule has 0 aliphatic heterocycles. The van der Waals surface area contributed by atoms with Gasteiger partial charge in [-0.15, -0.1) is 0 Å². The van der Waals surface area contributed by atoms with E-state index in [0.29, 0.717) is 6.61 Å².